The second kappa shape index (κ2) is 7.85. The topological polar surface area (TPSA) is 29.5 Å². The average Bonchev–Trinajstić information content (AvgIpc) is 2.15. The van der Waals surface area contributed by atoms with Crippen molar-refractivity contribution in [3.8, 4) is 0 Å². The van der Waals surface area contributed by atoms with Gasteiger partial charge in [0.05, 0.1) is 6.61 Å². The highest BCUT2D eigenvalue weighted by molar-refractivity contribution is 7.96. The summed E-state index contributed by atoms with van der Waals surface area (Å²) in [6.45, 7) is 5.19. The van der Waals surface area contributed by atoms with Gasteiger partial charge in [0.2, 0.25) is 0 Å². The van der Waals surface area contributed by atoms with Crippen LogP contribution < -0.4 is 0 Å². The maximum Gasteiger partial charge on any atom is 0.409 e. The van der Waals surface area contributed by atoms with Crippen molar-refractivity contribution in [3.05, 3.63) is 0 Å². The number of thiol groups is 1. The van der Waals surface area contributed by atoms with Gasteiger partial charge in [0.25, 0.3) is 0 Å². The highest BCUT2D eigenvalue weighted by atomic mass is 32.1. The minimum Gasteiger partial charge on any atom is -0.450 e. The molecule has 84 valence electrons. The molecule has 0 heterocycles. The Kier molecular flexibility index (Phi) is 7.57. The van der Waals surface area contributed by atoms with Gasteiger partial charge in [0.1, 0.15) is 0 Å². The number of amides is 1. The molecule has 0 bridgehead atoms. The minimum atomic E-state index is -0.230. The Morgan fingerprint density at radius 2 is 2.29 bits per heavy atom. The summed E-state index contributed by atoms with van der Waals surface area (Å²) in [5.41, 5.74) is 0. The summed E-state index contributed by atoms with van der Waals surface area (Å²) in [5, 5.41) is 0. The molecule has 4 heteroatoms. The first kappa shape index (κ1) is 13.5. The molecule has 0 aromatic rings. The highest BCUT2D eigenvalue weighted by Crippen LogP contribution is 2.06. The van der Waals surface area contributed by atoms with Crippen LogP contribution in [-0.2, 0) is 4.74 Å². The average molecular weight is 219 g/mol. The zero-order chi connectivity index (χ0) is 11.0. The summed E-state index contributed by atoms with van der Waals surface area (Å²) in [6, 6.07) is 0. The summed E-state index contributed by atoms with van der Waals surface area (Å²) in [6.07, 6.45) is 0.782. The standard InChI is InChI=1S/C10H21NO2S/c1-5-13-10(12)11(3)7-6-9(2)8-14-4/h9,14H,4-8H2,1-3H3. The van der Waals surface area contributed by atoms with E-state index in [-0.39, 0.29) is 6.09 Å². The first-order valence-corrected chi connectivity index (χ1v) is 6.18. The smallest absolute Gasteiger partial charge is 0.409 e. The Labute approximate surface area is 90.4 Å². The quantitative estimate of drug-likeness (QED) is 0.547. The molecule has 0 N–H and O–H groups in total. The fourth-order valence-corrected chi connectivity index (χ4v) is 1.67. The lowest BCUT2D eigenvalue weighted by Gasteiger charge is -2.18. The molecule has 1 amide bonds. The monoisotopic (exact) mass is 219 g/mol. The number of hydrogen-bond acceptors (Lipinski definition) is 2. The van der Waals surface area contributed by atoms with Crippen LogP contribution >= 0.6 is 11.4 Å². The highest BCUT2D eigenvalue weighted by Gasteiger charge is 2.09. The van der Waals surface area contributed by atoms with Crippen molar-refractivity contribution in [2.24, 2.45) is 5.92 Å². The van der Waals surface area contributed by atoms with Crippen molar-refractivity contribution >= 4 is 23.3 Å². The number of carbonyl (C=O) groups excluding carboxylic acids is 1. The molecule has 0 radical (unpaired) electrons. The summed E-state index contributed by atoms with van der Waals surface area (Å²) in [7, 11) is 1.77. The van der Waals surface area contributed by atoms with Gasteiger partial charge in [0, 0.05) is 13.6 Å². The van der Waals surface area contributed by atoms with Crippen molar-refractivity contribution in [1.82, 2.24) is 4.90 Å². The van der Waals surface area contributed by atoms with Gasteiger partial charge in [0.15, 0.2) is 0 Å². The Hall–Kier alpha value is -0.510. The van der Waals surface area contributed by atoms with Gasteiger partial charge in [-0.1, -0.05) is 12.8 Å². The zero-order valence-electron chi connectivity index (χ0n) is 9.32. The molecular formula is C10H21NO2S. The number of ether oxygens (including phenoxy) is 1. The van der Waals surface area contributed by atoms with Gasteiger partial charge in [-0.2, -0.15) is 0 Å². The maximum absolute atomic E-state index is 11.2. The molecule has 0 spiro atoms. The molecule has 0 aliphatic carbocycles. The molecule has 0 saturated carbocycles. The molecule has 0 fully saturated rings. The summed E-state index contributed by atoms with van der Waals surface area (Å²) < 4.78 is 4.87. The predicted octanol–water partition coefficient (Wildman–Crippen LogP) is 2.00. The van der Waals surface area contributed by atoms with E-state index in [0.29, 0.717) is 12.5 Å². The summed E-state index contributed by atoms with van der Waals surface area (Å²) >= 11 is 1.17. The second-order valence-corrected chi connectivity index (χ2v) is 4.23. The SMILES string of the molecule is C=[SH]CC(C)CCN(C)C(=O)OCC. The van der Waals surface area contributed by atoms with Gasteiger partial charge in [-0.3, -0.25) is 0 Å². The van der Waals surface area contributed by atoms with Gasteiger partial charge >= 0.3 is 6.09 Å². The van der Waals surface area contributed by atoms with E-state index in [0.717, 1.165) is 18.7 Å². The fraction of sp³-hybridized carbons (Fsp3) is 0.800. The van der Waals surface area contributed by atoms with E-state index in [4.69, 9.17) is 4.74 Å². The van der Waals surface area contributed by atoms with Crippen molar-refractivity contribution in [2.75, 3.05) is 26.0 Å². The van der Waals surface area contributed by atoms with Crippen LogP contribution in [0.4, 0.5) is 4.79 Å². The first-order valence-electron chi connectivity index (χ1n) is 4.92. The van der Waals surface area contributed by atoms with Gasteiger partial charge in [-0.05, 0) is 25.0 Å². The third-order valence-electron chi connectivity index (χ3n) is 1.98. The maximum atomic E-state index is 11.2. The molecule has 1 unspecified atom stereocenters. The predicted molar refractivity (Wildman–Crippen MR) is 64.4 cm³/mol. The lowest BCUT2D eigenvalue weighted by molar-refractivity contribution is 0.115. The molecule has 1 atom stereocenters. The molecular weight excluding hydrogens is 198 g/mol. The number of nitrogens with zero attached hydrogens (tertiary/aromatic N) is 1. The van der Waals surface area contributed by atoms with Gasteiger partial charge in [-0.15, -0.1) is 0 Å². The van der Waals surface area contributed by atoms with Crippen LogP contribution in [0.2, 0.25) is 0 Å². The lowest BCUT2D eigenvalue weighted by atomic mass is 10.1. The van der Waals surface area contributed by atoms with Crippen LogP contribution in [0.1, 0.15) is 20.3 Å². The molecule has 0 rings (SSSR count). The molecule has 0 aromatic carbocycles. The van der Waals surface area contributed by atoms with E-state index in [1.165, 1.54) is 11.4 Å². The van der Waals surface area contributed by atoms with Crippen molar-refractivity contribution in [1.29, 1.82) is 0 Å². The van der Waals surface area contributed by atoms with E-state index >= 15 is 0 Å². The van der Waals surface area contributed by atoms with Crippen LogP contribution in [0.5, 0.6) is 0 Å². The van der Waals surface area contributed by atoms with Crippen molar-refractivity contribution in [2.45, 2.75) is 20.3 Å². The molecule has 0 aliphatic heterocycles. The van der Waals surface area contributed by atoms with Crippen LogP contribution in [0.3, 0.4) is 0 Å². The number of carbonyl (C=O) groups is 1. The lowest BCUT2D eigenvalue weighted by Crippen LogP contribution is -2.29. The first-order chi connectivity index (χ1) is 6.61. The summed E-state index contributed by atoms with van der Waals surface area (Å²) in [4.78, 5) is 12.8. The number of rotatable bonds is 6. The zero-order valence-corrected chi connectivity index (χ0v) is 10.2. The van der Waals surface area contributed by atoms with E-state index in [1.54, 1.807) is 11.9 Å². The van der Waals surface area contributed by atoms with E-state index in [2.05, 4.69) is 12.8 Å². The van der Waals surface area contributed by atoms with E-state index < -0.39 is 0 Å². The Balaban J connectivity index is 3.66. The van der Waals surface area contributed by atoms with Crippen LogP contribution in [0.15, 0.2) is 0 Å². The minimum absolute atomic E-state index is 0.230. The Morgan fingerprint density at radius 1 is 1.64 bits per heavy atom. The van der Waals surface area contributed by atoms with Gasteiger partial charge in [-0.25, -0.2) is 16.1 Å². The molecule has 0 aliphatic rings. The van der Waals surface area contributed by atoms with Gasteiger partial charge < -0.3 is 9.64 Å². The van der Waals surface area contributed by atoms with Crippen molar-refractivity contribution < 1.29 is 9.53 Å². The van der Waals surface area contributed by atoms with Crippen LogP contribution in [-0.4, -0.2) is 42.8 Å². The largest absolute Gasteiger partial charge is 0.450 e. The van der Waals surface area contributed by atoms with E-state index in [9.17, 15) is 4.79 Å². The Morgan fingerprint density at radius 3 is 2.79 bits per heavy atom. The van der Waals surface area contributed by atoms with Crippen LogP contribution in [0.25, 0.3) is 0 Å². The molecule has 3 nitrogen and oxygen atoms in total. The molecule has 0 aromatic heterocycles. The second-order valence-electron chi connectivity index (χ2n) is 3.42. The molecule has 14 heavy (non-hydrogen) atoms. The summed E-state index contributed by atoms with van der Waals surface area (Å²) in [5.74, 6) is 5.49. The number of hydrogen-bond donors (Lipinski definition) is 1. The third-order valence-corrected chi connectivity index (χ3v) is 2.86. The van der Waals surface area contributed by atoms with Crippen molar-refractivity contribution in [3.63, 3.8) is 0 Å². The van der Waals surface area contributed by atoms with Crippen LogP contribution in [0, 0.1) is 5.92 Å². The normalized spacial score (nSPS) is 12.2. The van der Waals surface area contributed by atoms with E-state index in [1.807, 2.05) is 6.92 Å². The fourth-order valence-electron chi connectivity index (χ4n) is 1.05. The third kappa shape index (κ3) is 6.02. The Bertz CT molecular complexity index is 185. The molecule has 0 saturated heterocycles.